The lowest BCUT2D eigenvalue weighted by Crippen LogP contribution is -1.99. The molecule has 0 saturated carbocycles. The summed E-state index contributed by atoms with van der Waals surface area (Å²) in [6, 6.07) is 1.38. The van der Waals surface area contributed by atoms with Crippen molar-refractivity contribution in [3.8, 4) is 0 Å². The minimum atomic E-state index is -0.00500. The Bertz CT molecular complexity index is 307. The molecule has 12 heavy (non-hydrogen) atoms. The molecule has 1 rings (SSSR count). The molecule has 1 heterocycles. The van der Waals surface area contributed by atoms with Gasteiger partial charge in [0.15, 0.2) is 18.9 Å². The SMILES string of the molecule is O=Cc1ccnc(C=O)c1C=O. The first-order valence-electron chi connectivity index (χ1n) is 3.18. The van der Waals surface area contributed by atoms with Gasteiger partial charge in [0.25, 0.3) is 0 Å². The van der Waals surface area contributed by atoms with Crippen molar-refractivity contribution in [3.63, 3.8) is 0 Å². The molecule has 0 unspecified atom stereocenters. The molecule has 0 aliphatic rings. The van der Waals surface area contributed by atoms with Crippen LogP contribution in [0, 0.1) is 0 Å². The standard InChI is InChI=1S/C8H5NO3/c10-3-6-1-2-9-8(5-12)7(6)4-11/h1-5H. The maximum absolute atomic E-state index is 10.4. The summed E-state index contributed by atoms with van der Waals surface area (Å²) in [6.07, 6.45) is 2.70. The number of carbonyl (C=O) groups excluding carboxylic acids is 3. The summed E-state index contributed by atoms with van der Waals surface area (Å²) in [5.74, 6) is 0. The summed E-state index contributed by atoms with van der Waals surface area (Å²) in [5, 5.41) is 0. The molecule has 1 aromatic heterocycles. The van der Waals surface area contributed by atoms with Gasteiger partial charge in [-0.25, -0.2) is 0 Å². The van der Waals surface area contributed by atoms with Crippen LogP contribution in [-0.4, -0.2) is 23.8 Å². The average molecular weight is 163 g/mol. The maximum Gasteiger partial charge on any atom is 0.169 e. The molecule has 0 N–H and O–H groups in total. The molecular weight excluding hydrogens is 158 g/mol. The van der Waals surface area contributed by atoms with Crippen LogP contribution in [0.5, 0.6) is 0 Å². The van der Waals surface area contributed by atoms with Crippen LogP contribution in [0.25, 0.3) is 0 Å². The molecule has 4 nitrogen and oxygen atoms in total. The quantitative estimate of drug-likeness (QED) is 0.609. The Labute approximate surface area is 68.2 Å². The third-order valence-electron chi connectivity index (χ3n) is 1.41. The summed E-state index contributed by atoms with van der Waals surface area (Å²) in [6.45, 7) is 0. The molecule has 60 valence electrons. The van der Waals surface area contributed by atoms with E-state index in [0.29, 0.717) is 18.9 Å². The molecule has 0 amide bonds. The van der Waals surface area contributed by atoms with Gasteiger partial charge >= 0.3 is 0 Å². The van der Waals surface area contributed by atoms with Crippen molar-refractivity contribution in [1.82, 2.24) is 4.98 Å². The third kappa shape index (κ3) is 1.27. The Morgan fingerprint density at radius 3 is 2.33 bits per heavy atom. The molecule has 0 aliphatic carbocycles. The van der Waals surface area contributed by atoms with Crippen LogP contribution in [0.2, 0.25) is 0 Å². The number of hydrogen-bond acceptors (Lipinski definition) is 4. The van der Waals surface area contributed by atoms with Crippen LogP contribution in [0.3, 0.4) is 0 Å². The number of nitrogens with zero attached hydrogens (tertiary/aromatic N) is 1. The van der Waals surface area contributed by atoms with E-state index < -0.39 is 0 Å². The molecule has 0 bridgehead atoms. The molecule has 0 spiro atoms. The fraction of sp³-hybridized carbons (Fsp3) is 0. The molecule has 0 radical (unpaired) electrons. The number of pyridine rings is 1. The monoisotopic (exact) mass is 163 g/mol. The topological polar surface area (TPSA) is 64.1 Å². The van der Waals surface area contributed by atoms with E-state index in [4.69, 9.17) is 0 Å². The van der Waals surface area contributed by atoms with Crippen LogP contribution in [0.1, 0.15) is 31.2 Å². The first-order chi connectivity index (χ1) is 5.83. The van der Waals surface area contributed by atoms with Crippen molar-refractivity contribution >= 4 is 18.9 Å². The largest absolute Gasteiger partial charge is 0.298 e. The smallest absolute Gasteiger partial charge is 0.169 e. The van der Waals surface area contributed by atoms with Crippen LogP contribution in [0.4, 0.5) is 0 Å². The van der Waals surface area contributed by atoms with Gasteiger partial charge in [-0.05, 0) is 6.07 Å². The van der Waals surface area contributed by atoms with Gasteiger partial charge in [0.1, 0.15) is 5.69 Å². The number of hydrogen-bond donors (Lipinski definition) is 0. The highest BCUT2D eigenvalue weighted by atomic mass is 16.1. The zero-order valence-corrected chi connectivity index (χ0v) is 6.06. The minimum Gasteiger partial charge on any atom is -0.298 e. The summed E-state index contributed by atoms with van der Waals surface area (Å²) < 4.78 is 0. The van der Waals surface area contributed by atoms with Crippen molar-refractivity contribution in [3.05, 3.63) is 29.1 Å². The minimum absolute atomic E-state index is 0.00500. The Hall–Kier alpha value is -1.84. The number of rotatable bonds is 3. The normalized spacial score (nSPS) is 9.00. The summed E-state index contributed by atoms with van der Waals surface area (Å²) >= 11 is 0. The number of carbonyl (C=O) groups is 3. The van der Waals surface area contributed by atoms with Crippen molar-refractivity contribution in [2.24, 2.45) is 0 Å². The van der Waals surface area contributed by atoms with Gasteiger partial charge in [0.05, 0.1) is 5.56 Å². The number of aldehydes is 3. The fourth-order valence-corrected chi connectivity index (χ4v) is 0.830. The summed E-state index contributed by atoms with van der Waals surface area (Å²) in [7, 11) is 0. The van der Waals surface area contributed by atoms with Gasteiger partial charge in [0, 0.05) is 11.8 Å². The van der Waals surface area contributed by atoms with E-state index in [0.717, 1.165) is 0 Å². The highest BCUT2D eigenvalue weighted by molar-refractivity contribution is 5.96. The number of aromatic nitrogens is 1. The van der Waals surface area contributed by atoms with Gasteiger partial charge in [-0.3, -0.25) is 19.4 Å². The van der Waals surface area contributed by atoms with E-state index in [9.17, 15) is 14.4 Å². The molecular formula is C8H5NO3. The van der Waals surface area contributed by atoms with Crippen LogP contribution >= 0.6 is 0 Å². The van der Waals surface area contributed by atoms with Crippen LogP contribution in [0.15, 0.2) is 12.3 Å². The van der Waals surface area contributed by atoms with E-state index in [1.54, 1.807) is 0 Å². The second kappa shape index (κ2) is 3.52. The Morgan fingerprint density at radius 2 is 1.83 bits per heavy atom. The second-order valence-electron chi connectivity index (χ2n) is 2.05. The third-order valence-corrected chi connectivity index (χ3v) is 1.41. The van der Waals surface area contributed by atoms with Crippen molar-refractivity contribution in [1.29, 1.82) is 0 Å². The fourth-order valence-electron chi connectivity index (χ4n) is 0.830. The van der Waals surface area contributed by atoms with Gasteiger partial charge in [0.2, 0.25) is 0 Å². The first-order valence-corrected chi connectivity index (χ1v) is 3.18. The van der Waals surface area contributed by atoms with E-state index in [2.05, 4.69) is 4.98 Å². The van der Waals surface area contributed by atoms with Gasteiger partial charge in [-0.15, -0.1) is 0 Å². The van der Waals surface area contributed by atoms with Gasteiger partial charge in [-0.2, -0.15) is 0 Å². The Kier molecular flexibility index (Phi) is 2.42. The lowest BCUT2D eigenvalue weighted by Gasteiger charge is -1.96. The average Bonchev–Trinajstić information content (AvgIpc) is 2.16. The van der Waals surface area contributed by atoms with E-state index in [1.807, 2.05) is 0 Å². The van der Waals surface area contributed by atoms with Crippen molar-refractivity contribution in [2.75, 3.05) is 0 Å². The van der Waals surface area contributed by atoms with Gasteiger partial charge in [-0.1, -0.05) is 0 Å². The van der Waals surface area contributed by atoms with Gasteiger partial charge < -0.3 is 0 Å². The lowest BCUT2D eigenvalue weighted by molar-refractivity contribution is 0.108. The summed E-state index contributed by atoms with van der Waals surface area (Å²) in [4.78, 5) is 34.7. The second-order valence-corrected chi connectivity index (χ2v) is 2.05. The van der Waals surface area contributed by atoms with E-state index >= 15 is 0 Å². The van der Waals surface area contributed by atoms with E-state index in [1.165, 1.54) is 12.3 Å². The summed E-state index contributed by atoms with van der Waals surface area (Å²) in [5.41, 5.74) is 0.221. The Morgan fingerprint density at radius 1 is 1.08 bits per heavy atom. The molecule has 4 heteroatoms. The molecule has 0 saturated heterocycles. The highest BCUT2D eigenvalue weighted by Gasteiger charge is 2.06. The first kappa shape index (κ1) is 8.26. The van der Waals surface area contributed by atoms with Crippen molar-refractivity contribution < 1.29 is 14.4 Å². The highest BCUT2D eigenvalue weighted by Crippen LogP contribution is 2.05. The molecule has 1 aromatic rings. The predicted octanol–water partition coefficient (Wildman–Crippen LogP) is 0.519. The molecule has 0 aliphatic heterocycles. The zero-order chi connectivity index (χ0) is 8.97. The lowest BCUT2D eigenvalue weighted by atomic mass is 10.1. The maximum atomic E-state index is 10.4. The molecule has 0 fully saturated rings. The predicted molar refractivity (Wildman–Crippen MR) is 40.4 cm³/mol. The Balaban J connectivity index is 3.40. The van der Waals surface area contributed by atoms with Crippen molar-refractivity contribution in [2.45, 2.75) is 0 Å². The molecule has 0 atom stereocenters. The molecule has 0 aromatic carbocycles. The van der Waals surface area contributed by atoms with Crippen LogP contribution in [-0.2, 0) is 0 Å². The van der Waals surface area contributed by atoms with E-state index in [-0.39, 0.29) is 16.8 Å². The zero-order valence-electron chi connectivity index (χ0n) is 6.06. The van der Waals surface area contributed by atoms with Crippen LogP contribution < -0.4 is 0 Å².